The van der Waals surface area contributed by atoms with Gasteiger partial charge in [-0.1, -0.05) is 23.7 Å². The Balaban J connectivity index is 1.87. The van der Waals surface area contributed by atoms with Gasteiger partial charge in [0.1, 0.15) is 11.6 Å². The molecule has 8 heteroatoms. The number of amides is 1. The first-order valence-corrected chi connectivity index (χ1v) is 8.05. The SMILES string of the molecule is Cc1nn(-c2ccc(Cl)nn2)c2c1[C@@H](c1cccc(F)c1)CC(=O)N2. The van der Waals surface area contributed by atoms with Crippen LogP contribution in [-0.4, -0.2) is 25.9 Å². The number of carbonyl (C=O) groups excluding carboxylic acids is 1. The summed E-state index contributed by atoms with van der Waals surface area (Å²) in [7, 11) is 0. The number of benzene rings is 1. The van der Waals surface area contributed by atoms with Crippen molar-refractivity contribution in [3.05, 3.63) is 64.2 Å². The molecule has 1 aliphatic rings. The van der Waals surface area contributed by atoms with Crippen LogP contribution in [-0.2, 0) is 4.79 Å². The van der Waals surface area contributed by atoms with Gasteiger partial charge in [0, 0.05) is 17.9 Å². The van der Waals surface area contributed by atoms with Crippen LogP contribution in [0.3, 0.4) is 0 Å². The van der Waals surface area contributed by atoms with E-state index in [4.69, 9.17) is 11.6 Å². The molecule has 2 aromatic heterocycles. The van der Waals surface area contributed by atoms with E-state index in [1.807, 2.05) is 13.0 Å². The number of halogens is 2. The quantitative estimate of drug-likeness (QED) is 0.764. The second kappa shape index (κ2) is 5.93. The third-order valence-electron chi connectivity index (χ3n) is 4.19. The van der Waals surface area contributed by atoms with Crippen molar-refractivity contribution in [1.82, 2.24) is 20.0 Å². The van der Waals surface area contributed by atoms with Crippen LogP contribution in [0.5, 0.6) is 0 Å². The second-order valence-corrected chi connectivity index (χ2v) is 6.22. The fourth-order valence-electron chi connectivity index (χ4n) is 3.14. The van der Waals surface area contributed by atoms with E-state index in [0.717, 1.165) is 16.8 Å². The van der Waals surface area contributed by atoms with Gasteiger partial charge in [-0.25, -0.2) is 4.39 Å². The van der Waals surface area contributed by atoms with E-state index in [0.29, 0.717) is 11.6 Å². The Labute approximate surface area is 147 Å². The van der Waals surface area contributed by atoms with Gasteiger partial charge in [0.05, 0.1) is 5.69 Å². The molecule has 3 heterocycles. The molecule has 0 saturated heterocycles. The molecule has 1 aromatic carbocycles. The van der Waals surface area contributed by atoms with Gasteiger partial charge in [-0.2, -0.15) is 9.78 Å². The van der Waals surface area contributed by atoms with Crippen LogP contribution in [0.25, 0.3) is 5.82 Å². The van der Waals surface area contributed by atoms with Gasteiger partial charge in [0.25, 0.3) is 0 Å². The summed E-state index contributed by atoms with van der Waals surface area (Å²) in [5, 5.41) is 15.4. The molecule has 6 nitrogen and oxygen atoms in total. The van der Waals surface area contributed by atoms with Gasteiger partial charge in [-0.15, -0.1) is 10.2 Å². The summed E-state index contributed by atoms with van der Waals surface area (Å²) < 4.78 is 15.2. The van der Waals surface area contributed by atoms with Gasteiger partial charge >= 0.3 is 0 Å². The lowest BCUT2D eigenvalue weighted by molar-refractivity contribution is -0.116. The Hall–Kier alpha value is -2.80. The summed E-state index contributed by atoms with van der Waals surface area (Å²) in [4.78, 5) is 12.2. The molecule has 1 N–H and O–H groups in total. The average Bonchev–Trinajstić information content (AvgIpc) is 2.91. The van der Waals surface area contributed by atoms with Gasteiger partial charge in [0.15, 0.2) is 11.0 Å². The van der Waals surface area contributed by atoms with E-state index >= 15 is 0 Å². The monoisotopic (exact) mass is 357 g/mol. The molecule has 3 aromatic rings. The minimum Gasteiger partial charge on any atom is -0.310 e. The van der Waals surface area contributed by atoms with Crippen LogP contribution >= 0.6 is 11.6 Å². The molecule has 4 rings (SSSR count). The van der Waals surface area contributed by atoms with Crippen molar-refractivity contribution < 1.29 is 9.18 Å². The third-order valence-corrected chi connectivity index (χ3v) is 4.39. The largest absolute Gasteiger partial charge is 0.310 e. The number of fused-ring (bicyclic) bond motifs is 1. The standard InChI is InChI=1S/C17H13ClFN5O/c1-9-16-12(10-3-2-4-11(19)7-10)8-15(25)20-17(16)24(23-9)14-6-5-13(18)21-22-14/h2-7,12H,8H2,1H3,(H,20,25)/t12-/m1/s1. The Kier molecular flexibility index (Phi) is 3.73. The van der Waals surface area contributed by atoms with E-state index in [1.165, 1.54) is 16.8 Å². The molecule has 0 radical (unpaired) electrons. The number of hydrogen-bond acceptors (Lipinski definition) is 4. The Bertz CT molecular complexity index is 970. The van der Waals surface area contributed by atoms with Crippen molar-refractivity contribution in [2.75, 3.05) is 5.32 Å². The first kappa shape index (κ1) is 15.7. The summed E-state index contributed by atoms with van der Waals surface area (Å²) in [5.41, 5.74) is 2.32. The molecule has 0 saturated carbocycles. The lowest BCUT2D eigenvalue weighted by Gasteiger charge is -2.24. The molecule has 25 heavy (non-hydrogen) atoms. The van der Waals surface area contributed by atoms with Crippen LogP contribution in [0, 0.1) is 12.7 Å². The van der Waals surface area contributed by atoms with Gasteiger partial charge in [-0.05, 0) is 36.8 Å². The maximum absolute atomic E-state index is 13.7. The maximum atomic E-state index is 13.7. The molecular weight excluding hydrogens is 345 g/mol. The summed E-state index contributed by atoms with van der Waals surface area (Å²) in [6, 6.07) is 9.55. The Morgan fingerprint density at radius 3 is 2.84 bits per heavy atom. The van der Waals surface area contributed by atoms with Crippen LogP contribution in [0.1, 0.15) is 29.2 Å². The smallest absolute Gasteiger partial charge is 0.226 e. The molecular formula is C17H13ClFN5O. The highest BCUT2D eigenvalue weighted by Crippen LogP contribution is 2.40. The van der Waals surface area contributed by atoms with Crippen molar-refractivity contribution in [1.29, 1.82) is 0 Å². The minimum absolute atomic E-state index is 0.162. The second-order valence-electron chi connectivity index (χ2n) is 5.83. The van der Waals surface area contributed by atoms with E-state index in [1.54, 1.807) is 18.2 Å². The Morgan fingerprint density at radius 2 is 2.12 bits per heavy atom. The number of hydrogen-bond donors (Lipinski definition) is 1. The number of anilines is 1. The zero-order valence-corrected chi connectivity index (χ0v) is 14.0. The van der Waals surface area contributed by atoms with Gasteiger partial charge < -0.3 is 5.32 Å². The normalized spacial score (nSPS) is 16.4. The maximum Gasteiger partial charge on any atom is 0.226 e. The topological polar surface area (TPSA) is 72.7 Å². The molecule has 1 aliphatic heterocycles. The van der Waals surface area contributed by atoms with Crippen LogP contribution in [0.4, 0.5) is 10.2 Å². The minimum atomic E-state index is -0.335. The predicted octanol–water partition coefficient (Wildman–Crippen LogP) is 3.24. The van der Waals surface area contributed by atoms with Crippen molar-refractivity contribution in [3.8, 4) is 5.82 Å². The van der Waals surface area contributed by atoms with Crippen molar-refractivity contribution in [3.63, 3.8) is 0 Å². The number of carbonyl (C=O) groups is 1. The van der Waals surface area contributed by atoms with E-state index in [2.05, 4.69) is 20.6 Å². The summed E-state index contributed by atoms with van der Waals surface area (Å²) in [6.07, 6.45) is 0.231. The fraction of sp³-hybridized carbons (Fsp3) is 0.176. The summed E-state index contributed by atoms with van der Waals surface area (Å²) >= 11 is 5.78. The molecule has 0 spiro atoms. The van der Waals surface area contributed by atoms with Crippen LogP contribution in [0.2, 0.25) is 5.15 Å². The average molecular weight is 358 g/mol. The third kappa shape index (κ3) is 2.76. The zero-order valence-electron chi connectivity index (χ0n) is 13.2. The lowest BCUT2D eigenvalue weighted by atomic mass is 9.86. The van der Waals surface area contributed by atoms with Crippen molar-refractivity contribution in [2.45, 2.75) is 19.3 Å². The molecule has 1 amide bonds. The van der Waals surface area contributed by atoms with Gasteiger partial charge in [-0.3, -0.25) is 4.79 Å². The highest BCUT2D eigenvalue weighted by molar-refractivity contribution is 6.29. The first-order chi connectivity index (χ1) is 12.0. The van der Waals surface area contributed by atoms with Crippen LogP contribution < -0.4 is 5.32 Å². The number of nitrogens with zero attached hydrogens (tertiary/aromatic N) is 4. The molecule has 1 atom stereocenters. The first-order valence-electron chi connectivity index (χ1n) is 7.67. The number of nitrogens with one attached hydrogen (secondary N) is 1. The molecule has 126 valence electrons. The van der Waals surface area contributed by atoms with Gasteiger partial charge in [0.2, 0.25) is 5.91 Å². The fourth-order valence-corrected chi connectivity index (χ4v) is 3.24. The van der Waals surface area contributed by atoms with E-state index < -0.39 is 0 Å². The highest BCUT2D eigenvalue weighted by Gasteiger charge is 2.33. The zero-order chi connectivity index (χ0) is 17.6. The highest BCUT2D eigenvalue weighted by atomic mass is 35.5. The number of aromatic nitrogens is 4. The molecule has 0 bridgehead atoms. The molecule has 0 aliphatic carbocycles. The molecule has 0 fully saturated rings. The van der Waals surface area contributed by atoms with E-state index in [9.17, 15) is 9.18 Å². The number of rotatable bonds is 2. The van der Waals surface area contributed by atoms with Crippen molar-refractivity contribution in [2.24, 2.45) is 0 Å². The van der Waals surface area contributed by atoms with Crippen LogP contribution in [0.15, 0.2) is 36.4 Å². The Morgan fingerprint density at radius 1 is 1.28 bits per heavy atom. The lowest BCUT2D eigenvalue weighted by Crippen LogP contribution is -2.25. The summed E-state index contributed by atoms with van der Waals surface area (Å²) in [6.45, 7) is 1.85. The van der Waals surface area contributed by atoms with E-state index in [-0.39, 0.29) is 29.2 Å². The predicted molar refractivity (Wildman–Crippen MR) is 90.4 cm³/mol. The molecule has 0 unspecified atom stereocenters. The number of aryl methyl sites for hydroxylation is 1. The summed E-state index contributed by atoms with van der Waals surface area (Å²) in [5.74, 6) is 0.200. The van der Waals surface area contributed by atoms with Crippen molar-refractivity contribution >= 4 is 23.3 Å².